The van der Waals surface area contributed by atoms with Crippen LogP contribution in [-0.2, 0) is 32.7 Å². The summed E-state index contributed by atoms with van der Waals surface area (Å²) in [5, 5.41) is 0. The Hall–Kier alpha value is -0.276. The molecule has 0 fully saturated rings. The van der Waals surface area contributed by atoms with E-state index in [9.17, 15) is 0 Å². The molecule has 0 bridgehead atoms. The van der Waals surface area contributed by atoms with Gasteiger partial charge in [0.2, 0.25) is 0 Å². The first-order valence-corrected chi connectivity index (χ1v) is 2.63. The van der Waals surface area contributed by atoms with Gasteiger partial charge < -0.3 is 9.97 Å². The molecule has 0 aliphatic rings. The van der Waals surface area contributed by atoms with Crippen molar-refractivity contribution in [3.63, 3.8) is 0 Å². The molecule has 0 aliphatic carbocycles. The van der Waals surface area contributed by atoms with Crippen molar-refractivity contribution in [3.8, 4) is 0 Å². The minimum absolute atomic E-state index is 0. The number of nitrogens with zero attached hydrogens (tertiary/aromatic N) is 2. The van der Waals surface area contributed by atoms with Crippen LogP contribution in [0, 0.1) is 6.20 Å². The maximum absolute atomic E-state index is 3.97. The predicted octanol–water partition coefficient (Wildman–Crippen LogP) is 0.756. The van der Waals surface area contributed by atoms with Crippen molar-refractivity contribution in [2.75, 3.05) is 0 Å². The van der Waals surface area contributed by atoms with Gasteiger partial charge in [0.1, 0.15) is 0 Å². The number of hydrogen-bond acceptors (Lipinski definition) is 2. The van der Waals surface area contributed by atoms with Gasteiger partial charge in [-0.05, 0) is 17.9 Å². The van der Waals surface area contributed by atoms with E-state index < -0.39 is 0 Å². The molecular formula is C6H4N3Y-. The zero-order chi connectivity index (χ0) is 6.10. The summed E-state index contributed by atoms with van der Waals surface area (Å²) in [4.78, 5) is 10.8. The molecule has 1 radical (unpaired) electrons. The number of aromatic amines is 1. The summed E-state index contributed by atoms with van der Waals surface area (Å²) in [6, 6.07) is 1.86. The van der Waals surface area contributed by atoms with Crippen LogP contribution in [0.15, 0.2) is 18.5 Å². The largest absolute Gasteiger partial charge is 0.447 e. The maximum atomic E-state index is 3.97. The van der Waals surface area contributed by atoms with Crippen molar-refractivity contribution in [1.82, 2.24) is 15.0 Å². The topological polar surface area (TPSA) is 41.6 Å². The molecule has 10 heavy (non-hydrogen) atoms. The molecule has 3 nitrogen and oxygen atoms in total. The second-order valence-electron chi connectivity index (χ2n) is 1.71. The third-order valence-electron chi connectivity index (χ3n) is 1.14. The zero-order valence-electron chi connectivity index (χ0n) is 5.20. The molecule has 0 spiro atoms. The molecule has 0 unspecified atom stereocenters. The first-order valence-electron chi connectivity index (χ1n) is 2.63. The van der Waals surface area contributed by atoms with E-state index in [1.54, 1.807) is 12.4 Å². The van der Waals surface area contributed by atoms with Crippen molar-refractivity contribution < 1.29 is 32.7 Å². The quantitative estimate of drug-likeness (QED) is 0.647. The van der Waals surface area contributed by atoms with Gasteiger partial charge in [0.25, 0.3) is 0 Å². The molecule has 4 heteroatoms. The SMILES string of the molecule is [Y].[c-]1cnc2[nH]ccc2n1. The van der Waals surface area contributed by atoms with Gasteiger partial charge in [0, 0.05) is 32.7 Å². The van der Waals surface area contributed by atoms with Gasteiger partial charge in [-0.3, -0.25) is 4.98 Å². The summed E-state index contributed by atoms with van der Waals surface area (Å²) >= 11 is 0. The number of nitrogens with one attached hydrogen (secondary N) is 1. The number of rotatable bonds is 0. The van der Waals surface area contributed by atoms with Crippen LogP contribution >= 0.6 is 0 Å². The molecule has 2 aromatic heterocycles. The number of hydrogen-bond donors (Lipinski definition) is 1. The van der Waals surface area contributed by atoms with Crippen LogP contribution in [0.25, 0.3) is 11.2 Å². The normalized spacial score (nSPS) is 9.20. The van der Waals surface area contributed by atoms with Gasteiger partial charge in [-0.15, -0.1) is 12.3 Å². The summed E-state index contributed by atoms with van der Waals surface area (Å²) in [7, 11) is 0. The van der Waals surface area contributed by atoms with E-state index >= 15 is 0 Å². The monoisotopic (exact) mass is 207 g/mol. The van der Waals surface area contributed by atoms with E-state index in [1.165, 1.54) is 0 Å². The molecule has 0 aromatic carbocycles. The summed E-state index contributed by atoms with van der Waals surface area (Å²) in [5.41, 5.74) is 1.67. The Balaban J connectivity index is 0.000000500. The summed E-state index contributed by atoms with van der Waals surface area (Å²) in [6.07, 6.45) is 5.98. The van der Waals surface area contributed by atoms with Crippen LogP contribution < -0.4 is 0 Å². The Labute approximate surface area is 83.1 Å². The third kappa shape index (κ3) is 1.25. The van der Waals surface area contributed by atoms with E-state index in [1.807, 2.05) is 6.07 Å². The molecule has 2 heterocycles. The second kappa shape index (κ2) is 3.21. The van der Waals surface area contributed by atoms with Crippen LogP contribution in [-0.4, -0.2) is 15.0 Å². The van der Waals surface area contributed by atoms with Crippen molar-refractivity contribution in [1.29, 1.82) is 0 Å². The average molecular weight is 207 g/mol. The Morgan fingerprint density at radius 3 is 3.20 bits per heavy atom. The molecule has 0 saturated heterocycles. The molecule has 2 aromatic rings. The van der Waals surface area contributed by atoms with Crippen LogP contribution in [0.5, 0.6) is 0 Å². The van der Waals surface area contributed by atoms with Gasteiger partial charge in [-0.2, -0.15) is 0 Å². The molecule has 0 aliphatic heterocycles. The van der Waals surface area contributed by atoms with E-state index in [2.05, 4.69) is 21.1 Å². The Morgan fingerprint density at radius 1 is 1.50 bits per heavy atom. The van der Waals surface area contributed by atoms with Gasteiger partial charge in [-0.25, -0.2) is 0 Å². The molecule has 2 rings (SSSR count). The van der Waals surface area contributed by atoms with E-state index in [-0.39, 0.29) is 32.7 Å². The smallest absolute Gasteiger partial charge is 0.0690 e. The van der Waals surface area contributed by atoms with Gasteiger partial charge >= 0.3 is 0 Å². The van der Waals surface area contributed by atoms with E-state index in [4.69, 9.17) is 0 Å². The number of H-pyrrole nitrogens is 1. The van der Waals surface area contributed by atoms with Gasteiger partial charge in [0.15, 0.2) is 0 Å². The molecule has 1 N–H and O–H groups in total. The van der Waals surface area contributed by atoms with Crippen molar-refractivity contribution in [3.05, 3.63) is 24.7 Å². The molecular weight excluding hydrogens is 203 g/mol. The zero-order valence-corrected chi connectivity index (χ0v) is 8.04. The Kier molecular flexibility index (Phi) is 2.52. The summed E-state index contributed by atoms with van der Waals surface area (Å²) in [6.45, 7) is 0. The number of fused-ring (bicyclic) bond motifs is 1. The fraction of sp³-hybridized carbons (Fsp3) is 0. The minimum Gasteiger partial charge on any atom is -0.447 e. The molecule has 0 amide bonds. The molecule has 47 valence electrons. The Morgan fingerprint density at radius 2 is 2.40 bits per heavy atom. The van der Waals surface area contributed by atoms with E-state index in [0.717, 1.165) is 11.2 Å². The first-order chi connectivity index (χ1) is 4.47. The third-order valence-corrected chi connectivity index (χ3v) is 1.14. The summed E-state index contributed by atoms with van der Waals surface area (Å²) in [5.74, 6) is 0. The average Bonchev–Trinajstić information content (AvgIpc) is 2.33. The Bertz CT molecular complexity index is 287. The first kappa shape index (κ1) is 7.83. The molecule has 0 saturated carbocycles. The van der Waals surface area contributed by atoms with Crippen LogP contribution in [0.1, 0.15) is 0 Å². The summed E-state index contributed by atoms with van der Waals surface area (Å²) < 4.78 is 0. The number of aromatic nitrogens is 3. The van der Waals surface area contributed by atoms with Gasteiger partial charge in [0.05, 0.1) is 5.65 Å². The maximum Gasteiger partial charge on any atom is 0.0690 e. The van der Waals surface area contributed by atoms with Crippen LogP contribution in [0.3, 0.4) is 0 Å². The fourth-order valence-corrected chi connectivity index (χ4v) is 0.738. The van der Waals surface area contributed by atoms with Crippen LogP contribution in [0.4, 0.5) is 0 Å². The predicted molar refractivity (Wildman–Crippen MR) is 32.7 cm³/mol. The van der Waals surface area contributed by atoms with Crippen molar-refractivity contribution >= 4 is 11.2 Å². The molecule has 0 atom stereocenters. The second-order valence-corrected chi connectivity index (χ2v) is 1.71. The van der Waals surface area contributed by atoms with Crippen LogP contribution in [0.2, 0.25) is 0 Å². The van der Waals surface area contributed by atoms with E-state index in [0.29, 0.717) is 0 Å². The fourth-order valence-electron chi connectivity index (χ4n) is 0.738. The van der Waals surface area contributed by atoms with Gasteiger partial charge in [-0.1, -0.05) is 0 Å². The van der Waals surface area contributed by atoms with Crippen molar-refractivity contribution in [2.45, 2.75) is 0 Å². The standard InChI is InChI=1S/C6H4N3.Y/c1-2-8-6-5(1)7-3-4-9-6;/h1-2,4H,(H,8,9);/q-1;. The van der Waals surface area contributed by atoms with Crippen molar-refractivity contribution in [2.24, 2.45) is 0 Å². The minimum atomic E-state index is 0.